The number of hydrogen-bond acceptors (Lipinski definition) is 3. The summed E-state index contributed by atoms with van der Waals surface area (Å²) in [5, 5.41) is 9.11. The normalized spacial score (nSPS) is 10.4. The maximum absolute atomic E-state index is 14.1. The van der Waals surface area contributed by atoms with Crippen molar-refractivity contribution < 1.29 is 13.5 Å². The van der Waals surface area contributed by atoms with Crippen molar-refractivity contribution in [3.63, 3.8) is 0 Å². The Morgan fingerprint density at radius 1 is 1.26 bits per heavy atom. The first-order valence-corrected chi connectivity index (χ1v) is 7.24. The van der Waals surface area contributed by atoms with Gasteiger partial charge in [-0.25, -0.2) is 8.78 Å². The third-order valence-corrected chi connectivity index (χ3v) is 3.33. The minimum absolute atomic E-state index is 0.119. The average Bonchev–Trinajstić information content (AvgIpc) is 2.49. The summed E-state index contributed by atoms with van der Waals surface area (Å²) in [5.74, 6) is -2.17. The van der Waals surface area contributed by atoms with Crippen molar-refractivity contribution in [2.24, 2.45) is 0 Å². The van der Waals surface area contributed by atoms with Gasteiger partial charge in [0.15, 0.2) is 17.4 Å². The molecule has 1 heterocycles. The Labute approximate surface area is 132 Å². The van der Waals surface area contributed by atoms with Crippen molar-refractivity contribution in [2.45, 2.75) is 26.7 Å². The fourth-order valence-corrected chi connectivity index (χ4v) is 2.20. The largest absolute Gasteiger partial charge is 0.488 e. The van der Waals surface area contributed by atoms with Crippen molar-refractivity contribution in [2.75, 3.05) is 6.61 Å². The lowest BCUT2D eigenvalue weighted by Crippen LogP contribution is -2.13. The fourth-order valence-electron chi connectivity index (χ4n) is 2.20. The number of halogens is 2. The summed E-state index contributed by atoms with van der Waals surface area (Å²) < 4.78 is 33.4. The highest BCUT2D eigenvalue weighted by molar-refractivity contribution is 5.71. The molecule has 2 rings (SSSR count). The number of rotatable bonds is 5. The number of hydrogen-bond donors (Lipinski definition) is 1. The molecule has 0 saturated heterocycles. The second-order valence-corrected chi connectivity index (χ2v) is 5.15. The van der Waals surface area contributed by atoms with Crippen LogP contribution in [0.25, 0.3) is 11.1 Å². The second-order valence-electron chi connectivity index (χ2n) is 5.15. The molecular formula is C17H16F2N2O2. The van der Waals surface area contributed by atoms with E-state index < -0.39 is 22.9 Å². The van der Waals surface area contributed by atoms with Gasteiger partial charge in [0.05, 0.1) is 6.61 Å². The predicted molar refractivity (Wildman–Crippen MR) is 82.3 cm³/mol. The number of nitrogens with zero attached hydrogens (tertiary/aromatic N) is 1. The molecule has 0 unspecified atom stereocenters. The van der Waals surface area contributed by atoms with Gasteiger partial charge in [0.1, 0.15) is 11.6 Å². The molecule has 1 N–H and O–H groups in total. The van der Waals surface area contributed by atoms with Crippen LogP contribution < -0.4 is 10.3 Å². The molecule has 0 atom stereocenters. The first-order chi connectivity index (χ1) is 11.0. The Hall–Kier alpha value is -2.68. The van der Waals surface area contributed by atoms with Gasteiger partial charge in [0.2, 0.25) is 0 Å². The molecule has 0 amide bonds. The van der Waals surface area contributed by atoms with Crippen LogP contribution in [0.5, 0.6) is 5.75 Å². The number of aromatic nitrogens is 1. The van der Waals surface area contributed by atoms with Crippen LogP contribution in [0.1, 0.15) is 31.0 Å². The molecule has 0 radical (unpaired) electrons. The van der Waals surface area contributed by atoms with Crippen LogP contribution in [0.2, 0.25) is 0 Å². The van der Waals surface area contributed by atoms with Gasteiger partial charge in [-0.1, -0.05) is 13.3 Å². The number of H-pyrrole nitrogens is 1. The van der Waals surface area contributed by atoms with Crippen LogP contribution in [-0.2, 0) is 0 Å². The van der Waals surface area contributed by atoms with Crippen LogP contribution in [0.3, 0.4) is 0 Å². The summed E-state index contributed by atoms with van der Waals surface area (Å²) >= 11 is 0. The highest BCUT2D eigenvalue weighted by atomic mass is 19.1. The van der Waals surface area contributed by atoms with Crippen molar-refractivity contribution >= 4 is 0 Å². The fraction of sp³-hybridized carbons (Fsp3) is 0.294. The van der Waals surface area contributed by atoms with Gasteiger partial charge < -0.3 is 9.72 Å². The van der Waals surface area contributed by atoms with Crippen molar-refractivity contribution in [3.8, 4) is 22.9 Å². The molecule has 1 aromatic carbocycles. The van der Waals surface area contributed by atoms with Crippen LogP contribution in [0.4, 0.5) is 8.78 Å². The molecule has 0 saturated carbocycles. The van der Waals surface area contributed by atoms with Gasteiger partial charge in [0.25, 0.3) is 5.56 Å². The number of unbranched alkanes of at least 4 members (excludes halogenated alkanes) is 1. The summed E-state index contributed by atoms with van der Waals surface area (Å²) in [4.78, 5) is 14.3. The molecule has 0 bridgehead atoms. The van der Waals surface area contributed by atoms with Gasteiger partial charge >= 0.3 is 0 Å². The molecule has 6 heteroatoms. The van der Waals surface area contributed by atoms with Gasteiger partial charge in [-0.3, -0.25) is 4.79 Å². The first kappa shape index (κ1) is 16.7. The standard InChI is InChI=1S/C17H16F2N2O2/c1-3-4-5-23-16-14(18)7-11(8-15(16)19)12-6-10(2)21-17(22)13(12)9-20/h6-8H,3-5H2,1-2H3,(H,21,22). The number of aromatic amines is 1. The van der Waals surface area contributed by atoms with E-state index in [4.69, 9.17) is 10.00 Å². The van der Waals surface area contributed by atoms with E-state index in [9.17, 15) is 13.6 Å². The van der Waals surface area contributed by atoms with E-state index in [-0.39, 0.29) is 23.3 Å². The lowest BCUT2D eigenvalue weighted by Gasteiger charge is -2.11. The Morgan fingerprint density at radius 2 is 1.91 bits per heavy atom. The highest BCUT2D eigenvalue weighted by Crippen LogP contribution is 2.30. The van der Waals surface area contributed by atoms with Crippen molar-refractivity contribution in [1.29, 1.82) is 5.26 Å². The zero-order valence-electron chi connectivity index (χ0n) is 12.9. The monoisotopic (exact) mass is 318 g/mol. The molecule has 4 nitrogen and oxygen atoms in total. The van der Waals surface area contributed by atoms with E-state index in [0.29, 0.717) is 12.1 Å². The lowest BCUT2D eigenvalue weighted by atomic mass is 10.0. The Morgan fingerprint density at radius 3 is 2.48 bits per heavy atom. The molecule has 23 heavy (non-hydrogen) atoms. The SMILES string of the molecule is CCCCOc1c(F)cc(-c2cc(C)[nH]c(=O)c2C#N)cc1F. The number of aryl methyl sites for hydroxylation is 1. The van der Waals surface area contributed by atoms with Crippen LogP contribution >= 0.6 is 0 Å². The highest BCUT2D eigenvalue weighted by Gasteiger charge is 2.17. The van der Waals surface area contributed by atoms with Crippen molar-refractivity contribution in [1.82, 2.24) is 4.98 Å². The number of benzene rings is 1. The third kappa shape index (κ3) is 3.57. The number of nitriles is 1. The predicted octanol–water partition coefficient (Wildman–Crippen LogP) is 3.68. The zero-order valence-corrected chi connectivity index (χ0v) is 12.9. The van der Waals surface area contributed by atoms with Crippen LogP contribution in [0.15, 0.2) is 23.0 Å². The average molecular weight is 318 g/mol. The summed E-state index contributed by atoms with van der Waals surface area (Å²) in [7, 11) is 0. The summed E-state index contributed by atoms with van der Waals surface area (Å²) in [5.41, 5.74) is 0.0222. The summed E-state index contributed by atoms with van der Waals surface area (Å²) in [6, 6.07) is 5.41. The summed E-state index contributed by atoms with van der Waals surface area (Å²) in [6.07, 6.45) is 1.53. The molecule has 0 aliphatic rings. The molecule has 1 aromatic heterocycles. The maximum atomic E-state index is 14.1. The zero-order chi connectivity index (χ0) is 17.0. The van der Waals surface area contributed by atoms with E-state index >= 15 is 0 Å². The lowest BCUT2D eigenvalue weighted by molar-refractivity contribution is 0.279. The van der Waals surface area contributed by atoms with E-state index in [1.165, 1.54) is 6.07 Å². The van der Waals surface area contributed by atoms with E-state index in [1.54, 1.807) is 13.0 Å². The van der Waals surface area contributed by atoms with E-state index in [2.05, 4.69) is 4.98 Å². The third-order valence-electron chi connectivity index (χ3n) is 3.33. The smallest absolute Gasteiger partial charge is 0.266 e. The van der Waals surface area contributed by atoms with Crippen LogP contribution in [-0.4, -0.2) is 11.6 Å². The number of pyridine rings is 1. The Kier molecular flexibility index (Phi) is 5.12. The summed E-state index contributed by atoms with van der Waals surface area (Å²) in [6.45, 7) is 3.79. The van der Waals surface area contributed by atoms with Gasteiger partial charge in [0, 0.05) is 11.3 Å². The molecule has 2 aromatic rings. The quantitative estimate of drug-likeness (QED) is 0.855. The van der Waals surface area contributed by atoms with Gasteiger partial charge in [-0.15, -0.1) is 0 Å². The molecule has 0 spiro atoms. The van der Waals surface area contributed by atoms with Gasteiger partial charge in [-0.05, 0) is 37.1 Å². The van der Waals surface area contributed by atoms with Gasteiger partial charge in [-0.2, -0.15) is 5.26 Å². The second kappa shape index (κ2) is 7.05. The number of ether oxygens (including phenoxy) is 1. The maximum Gasteiger partial charge on any atom is 0.266 e. The van der Waals surface area contributed by atoms with Crippen LogP contribution in [0, 0.1) is 29.9 Å². The molecular weight excluding hydrogens is 302 g/mol. The topological polar surface area (TPSA) is 65.9 Å². The molecule has 0 fully saturated rings. The van der Waals surface area contributed by atoms with E-state index in [0.717, 1.165) is 18.6 Å². The minimum atomic E-state index is -0.863. The first-order valence-electron chi connectivity index (χ1n) is 7.24. The molecule has 120 valence electrons. The van der Waals surface area contributed by atoms with Crippen molar-refractivity contribution in [3.05, 3.63) is 51.4 Å². The Balaban J connectivity index is 2.51. The molecule has 0 aliphatic carbocycles. The Bertz CT molecular complexity index is 799. The molecule has 0 aliphatic heterocycles. The van der Waals surface area contributed by atoms with E-state index in [1.807, 2.05) is 6.92 Å². The number of nitrogens with one attached hydrogen (secondary N) is 1. The minimum Gasteiger partial charge on any atom is -0.488 e.